The van der Waals surface area contributed by atoms with E-state index in [1.165, 1.54) is 12.1 Å². The van der Waals surface area contributed by atoms with Crippen LogP contribution in [-0.4, -0.2) is 66.5 Å². The highest BCUT2D eigenvalue weighted by Crippen LogP contribution is 2.34. The highest BCUT2D eigenvalue weighted by molar-refractivity contribution is 9.11. The van der Waals surface area contributed by atoms with Crippen LogP contribution in [0.3, 0.4) is 0 Å². The van der Waals surface area contributed by atoms with Gasteiger partial charge in [-0.2, -0.15) is 21.6 Å². The van der Waals surface area contributed by atoms with Crippen LogP contribution >= 0.6 is 31.9 Å². The van der Waals surface area contributed by atoms with E-state index in [1.54, 1.807) is 0 Å². The molecule has 2 rings (SSSR count). The van der Waals surface area contributed by atoms with Crippen molar-refractivity contribution in [2.45, 2.75) is 31.2 Å². The van der Waals surface area contributed by atoms with Crippen molar-refractivity contribution in [3.63, 3.8) is 0 Å². The molecule has 0 aliphatic rings. The van der Waals surface area contributed by atoms with Crippen LogP contribution in [0, 0.1) is 0 Å². The Balaban J connectivity index is 2.56. The fraction of sp³-hybridized carbons (Fsp3) is 0.300. The van der Waals surface area contributed by atoms with Gasteiger partial charge in [-0.1, -0.05) is 36.7 Å². The van der Waals surface area contributed by atoms with Gasteiger partial charge in [-0.25, -0.2) is 9.59 Å². The van der Waals surface area contributed by atoms with Gasteiger partial charge in [0, 0.05) is 8.95 Å². The van der Waals surface area contributed by atoms with Crippen LogP contribution in [0.25, 0.3) is 0 Å². The van der Waals surface area contributed by atoms with Crippen LogP contribution in [0.1, 0.15) is 37.4 Å². The molecule has 0 aliphatic heterocycles. The Hall–Kier alpha value is -1.77. The fourth-order valence-electron chi connectivity index (χ4n) is 3.36. The minimum atomic E-state index is -5.31. The molecule has 1 N–H and O–H groups in total. The SMILES string of the molecule is BCc1cc(CB)c(OC(=O)c2c(Br)ccc(Br)c2C(=O)OC(CS(=O)(=O)O)C(F)(F)F)c(CB)c1. The van der Waals surface area contributed by atoms with Gasteiger partial charge in [0.15, 0.2) is 0 Å². The summed E-state index contributed by atoms with van der Waals surface area (Å²) in [5.74, 6) is -4.30. The molecule has 16 heteroatoms. The molecule has 0 aliphatic carbocycles. The highest BCUT2D eigenvalue weighted by atomic mass is 79.9. The van der Waals surface area contributed by atoms with E-state index in [4.69, 9.17) is 9.29 Å². The van der Waals surface area contributed by atoms with E-state index in [-0.39, 0.29) is 14.7 Å². The van der Waals surface area contributed by atoms with E-state index in [0.29, 0.717) is 12.6 Å². The molecule has 36 heavy (non-hydrogen) atoms. The standard InChI is InChI=1S/C20H20B3Br2F3O7S/c21-5-9-3-10(6-22)17(11(4-9)7-23)35-19(30)16-13(25)2-1-12(24)15(16)18(29)34-14(20(26,27)28)8-36(31,32)33/h1-4,14H,5-8,21-23H2,(H,31,32,33). The summed E-state index contributed by atoms with van der Waals surface area (Å²) in [6.45, 7) is 0. The predicted octanol–water partition coefficient (Wildman–Crippen LogP) is 1.81. The summed E-state index contributed by atoms with van der Waals surface area (Å²) in [5.41, 5.74) is 1.47. The third kappa shape index (κ3) is 7.62. The number of alkyl halides is 3. The molecule has 0 radical (unpaired) electrons. The minimum Gasteiger partial charge on any atom is -0.448 e. The number of ether oxygens (including phenoxy) is 2. The molecule has 0 fully saturated rings. The molecule has 0 saturated heterocycles. The van der Waals surface area contributed by atoms with Crippen LogP contribution in [0.5, 0.6) is 5.75 Å². The molecule has 0 saturated carbocycles. The van der Waals surface area contributed by atoms with Crippen LogP contribution in [0.2, 0.25) is 0 Å². The Morgan fingerprint density at radius 1 is 0.944 bits per heavy atom. The van der Waals surface area contributed by atoms with Crippen LogP contribution < -0.4 is 4.74 Å². The van der Waals surface area contributed by atoms with E-state index in [0.717, 1.165) is 23.0 Å². The Labute approximate surface area is 225 Å². The number of carbonyl (C=O) groups excluding carboxylic acids is 2. The van der Waals surface area contributed by atoms with Gasteiger partial charge in [0.1, 0.15) is 35.0 Å². The molecule has 0 spiro atoms. The summed E-state index contributed by atoms with van der Waals surface area (Å²) >= 11 is 6.16. The van der Waals surface area contributed by atoms with E-state index in [2.05, 4.69) is 36.6 Å². The molecule has 0 heterocycles. The summed E-state index contributed by atoms with van der Waals surface area (Å²) in [6.07, 6.45) is -6.67. The zero-order valence-electron chi connectivity index (χ0n) is 19.4. The minimum absolute atomic E-state index is 0.0299. The maximum atomic E-state index is 13.3. The Kier molecular flexibility index (Phi) is 10.3. The number of halogens is 5. The monoisotopic (exact) mass is 652 g/mol. The van der Waals surface area contributed by atoms with E-state index < -0.39 is 51.2 Å². The van der Waals surface area contributed by atoms with E-state index in [9.17, 15) is 31.2 Å². The van der Waals surface area contributed by atoms with Crippen molar-refractivity contribution in [1.82, 2.24) is 0 Å². The Morgan fingerprint density at radius 3 is 1.81 bits per heavy atom. The molecule has 2 aromatic rings. The van der Waals surface area contributed by atoms with E-state index >= 15 is 0 Å². The molecule has 2 aromatic carbocycles. The van der Waals surface area contributed by atoms with Crippen molar-refractivity contribution in [3.05, 3.63) is 61.0 Å². The van der Waals surface area contributed by atoms with Crippen molar-refractivity contribution < 1.29 is 45.2 Å². The van der Waals surface area contributed by atoms with Crippen LogP contribution in [0.4, 0.5) is 13.2 Å². The molecule has 7 nitrogen and oxygen atoms in total. The van der Waals surface area contributed by atoms with Crippen molar-refractivity contribution in [2.75, 3.05) is 5.75 Å². The number of benzene rings is 2. The topological polar surface area (TPSA) is 107 Å². The summed E-state index contributed by atoms with van der Waals surface area (Å²) in [6, 6.07) is 6.43. The lowest BCUT2D eigenvalue weighted by Crippen LogP contribution is -2.39. The summed E-state index contributed by atoms with van der Waals surface area (Å²) in [5, 5.41) is 0. The summed E-state index contributed by atoms with van der Waals surface area (Å²) in [7, 11) is 0.570. The van der Waals surface area contributed by atoms with Gasteiger partial charge in [-0.05, 0) is 55.1 Å². The van der Waals surface area contributed by atoms with Crippen molar-refractivity contribution >= 4 is 77.5 Å². The Morgan fingerprint density at radius 2 is 1.42 bits per heavy atom. The first-order valence-electron chi connectivity index (χ1n) is 10.7. The molecular weight excluding hydrogens is 634 g/mol. The number of rotatable bonds is 9. The van der Waals surface area contributed by atoms with Crippen molar-refractivity contribution in [1.29, 1.82) is 0 Å². The van der Waals surface area contributed by atoms with Crippen LogP contribution in [0.15, 0.2) is 33.2 Å². The molecule has 0 bridgehead atoms. The van der Waals surface area contributed by atoms with E-state index in [1.807, 2.05) is 35.7 Å². The van der Waals surface area contributed by atoms with Gasteiger partial charge < -0.3 is 9.47 Å². The second-order valence-electron chi connectivity index (χ2n) is 7.66. The van der Waals surface area contributed by atoms with Crippen LogP contribution in [-0.2, 0) is 33.8 Å². The third-order valence-corrected chi connectivity index (χ3v) is 7.20. The number of hydrogen-bond acceptors (Lipinski definition) is 6. The molecule has 192 valence electrons. The third-order valence-electron chi connectivity index (χ3n) is 5.16. The lowest BCUT2D eigenvalue weighted by molar-refractivity contribution is -0.197. The fourth-order valence-corrected chi connectivity index (χ4v) is 4.98. The smallest absolute Gasteiger partial charge is 0.426 e. The quantitative estimate of drug-likeness (QED) is 0.191. The second-order valence-corrected chi connectivity index (χ2v) is 10.9. The summed E-state index contributed by atoms with van der Waals surface area (Å²) < 4.78 is 80.9. The maximum Gasteiger partial charge on any atom is 0.426 e. The van der Waals surface area contributed by atoms with Gasteiger partial charge >= 0.3 is 18.1 Å². The van der Waals surface area contributed by atoms with Gasteiger partial charge in [0.05, 0.1) is 11.1 Å². The first-order valence-corrected chi connectivity index (χ1v) is 13.9. The number of hydrogen-bond donors (Lipinski definition) is 1. The molecule has 0 amide bonds. The first kappa shape index (κ1) is 30.5. The van der Waals surface area contributed by atoms with Gasteiger partial charge in [0.2, 0.25) is 6.10 Å². The second kappa shape index (κ2) is 12.2. The first-order chi connectivity index (χ1) is 16.6. The average Bonchev–Trinajstić information content (AvgIpc) is 2.78. The number of esters is 2. The number of carbonyl (C=O) groups is 2. The van der Waals surface area contributed by atoms with Gasteiger partial charge in [-0.3, -0.25) is 4.55 Å². The van der Waals surface area contributed by atoms with Crippen molar-refractivity contribution in [3.8, 4) is 5.75 Å². The molecule has 1 atom stereocenters. The molecule has 1 unspecified atom stereocenters. The summed E-state index contributed by atoms with van der Waals surface area (Å²) in [4.78, 5) is 26.1. The maximum absolute atomic E-state index is 13.3. The average molecular weight is 654 g/mol. The largest absolute Gasteiger partial charge is 0.448 e. The molecule has 0 aromatic heterocycles. The molecular formula is C20H20B3Br2F3O7S. The lowest BCUT2D eigenvalue weighted by atomic mass is 9.85. The van der Waals surface area contributed by atoms with Gasteiger partial charge in [-0.15, -0.1) is 0 Å². The lowest BCUT2D eigenvalue weighted by Gasteiger charge is -2.21. The van der Waals surface area contributed by atoms with Gasteiger partial charge in [0.25, 0.3) is 10.1 Å². The predicted molar refractivity (Wildman–Crippen MR) is 142 cm³/mol. The zero-order chi connectivity index (χ0) is 27.4. The Bertz CT molecular complexity index is 1250. The zero-order valence-corrected chi connectivity index (χ0v) is 23.4. The highest BCUT2D eigenvalue weighted by Gasteiger charge is 2.46. The van der Waals surface area contributed by atoms with Crippen molar-refractivity contribution in [2.24, 2.45) is 0 Å². The normalized spacial score (nSPS) is 12.7.